The van der Waals surface area contributed by atoms with Gasteiger partial charge in [0.05, 0.1) is 0 Å². The molecule has 16 heavy (non-hydrogen) atoms. The van der Waals surface area contributed by atoms with Gasteiger partial charge in [0, 0.05) is 11.3 Å². The fourth-order valence-electron chi connectivity index (χ4n) is 2.20. The smallest absolute Gasteiger partial charge is 0.170 e. The summed E-state index contributed by atoms with van der Waals surface area (Å²) in [6, 6.07) is 0.331. The predicted molar refractivity (Wildman–Crippen MR) is 69.9 cm³/mol. The second-order valence-corrected chi connectivity index (χ2v) is 6.75. The Bertz CT molecular complexity index is 340. The Labute approximate surface area is 105 Å². The third-order valence-corrected chi connectivity index (χ3v) is 5.54. The van der Waals surface area contributed by atoms with Crippen molar-refractivity contribution in [1.29, 1.82) is 0 Å². The molecule has 0 spiro atoms. The lowest BCUT2D eigenvalue weighted by Crippen LogP contribution is -2.38. The Morgan fingerprint density at radius 3 is 2.94 bits per heavy atom. The Hall–Kier alpha value is -0.130. The summed E-state index contributed by atoms with van der Waals surface area (Å²) >= 11 is 3.33. The Kier molecular flexibility index (Phi) is 4.21. The molecule has 0 amide bonds. The number of hydrogen-bond donors (Lipinski definition) is 1. The highest BCUT2D eigenvalue weighted by molar-refractivity contribution is 8.01. The van der Waals surface area contributed by atoms with Crippen molar-refractivity contribution in [2.75, 3.05) is 0 Å². The van der Waals surface area contributed by atoms with Crippen LogP contribution in [-0.4, -0.2) is 20.6 Å². The molecule has 1 heterocycles. The van der Waals surface area contributed by atoms with Crippen LogP contribution >= 0.6 is 23.3 Å². The van der Waals surface area contributed by atoms with Gasteiger partial charge >= 0.3 is 0 Å². The first-order chi connectivity index (χ1) is 7.69. The highest BCUT2D eigenvalue weighted by Crippen LogP contribution is 2.37. The molecule has 2 rings (SSSR count). The van der Waals surface area contributed by atoms with Crippen molar-refractivity contribution in [3.63, 3.8) is 0 Å². The van der Waals surface area contributed by atoms with Gasteiger partial charge in [0.25, 0.3) is 0 Å². The topological polar surface area (TPSA) is 51.8 Å². The maximum absolute atomic E-state index is 6.19. The normalized spacial score (nSPS) is 30.6. The number of nitrogens with two attached hydrogens (primary N) is 1. The number of aryl methyl sites for hydroxylation is 1. The van der Waals surface area contributed by atoms with E-state index in [1.54, 1.807) is 0 Å². The van der Waals surface area contributed by atoms with E-state index in [9.17, 15) is 0 Å². The van der Waals surface area contributed by atoms with Crippen molar-refractivity contribution in [3.8, 4) is 0 Å². The van der Waals surface area contributed by atoms with E-state index in [1.165, 1.54) is 30.8 Å². The van der Waals surface area contributed by atoms with Gasteiger partial charge in [-0.15, -0.1) is 0 Å². The number of rotatable bonds is 3. The SMILES string of the molecule is CCC1CCC(N)C(Sc2nc(C)ns2)C1. The van der Waals surface area contributed by atoms with Gasteiger partial charge in [-0.25, -0.2) is 4.98 Å². The zero-order valence-electron chi connectivity index (χ0n) is 9.85. The van der Waals surface area contributed by atoms with Crippen molar-refractivity contribution in [2.24, 2.45) is 11.7 Å². The second kappa shape index (κ2) is 5.47. The third kappa shape index (κ3) is 2.96. The van der Waals surface area contributed by atoms with E-state index >= 15 is 0 Å². The molecule has 1 aromatic heterocycles. The van der Waals surface area contributed by atoms with Crippen LogP contribution in [0.1, 0.15) is 38.4 Å². The monoisotopic (exact) mass is 257 g/mol. The third-order valence-electron chi connectivity index (χ3n) is 3.29. The quantitative estimate of drug-likeness (QED) is 0.904. The average Bonchev–Trinajstić information content (AvgIpc) is 2.67. The molecular formula is C11H19N3S2. The Balaban J connectivity index is 1.96. The lowest BCUT2D eigenvalue weighted by molar-refractivity contribution is 0.327. The molecule has 0 aromatic carbocycles. The van der Waals surface area contributed by atoms with Gasteiger partial charge in [0.2, 0.25) is 0 Å². The van der Waals surface area contributed by atoms with E-state index in [2.05, 4.69) is 16.3 Å². The van der Waals surface area contributed by atoms with Gasteiger partial charge in [-0.3, -0.25) is 0 Å². The molecule has 1 saturated carbocycles. The Morgan fingerprint density at radius 2 is 2.31 bits per heavy atom. The van der Waals surface area contributed by atoms with Crippen LogP contribution in [0.5, 0.6) is 0 Å². The zero-order valence-corrected chi connectivity index (χ0v) is 11.5. The van der Waals surface area contributed by atoms with E-state index < -0.39 is 0 Å². The molecule has 1 aliphatic carbocycles. The molecule has 5 heteroatoms. The van der Waals surface area contributed by atoms with Crippen molar-refractivity contribution < 1.29 is 0 Å². The maximum Gasteiger partial charge on any atom is 0.170 e. The van der Waals surface area contributed by atoms with Gasteiger partial charge < -0.3 is 5.73 Å². The van der Waals surface area contributed by atoms with Crippen LogP contribution < -0.4 is 5.73 Å². The molecule has 1 aliphatic rings. The molecule has 2 N–H and O–H groups in total. The fourth-order valence-corrected chi connectivity index (χ4v) is 4.40. The summed E-state index contributed by atoms with van der Waals surface area (Å²) in [4.78, 5) is 4.40. The van der Waals surface area contributed by atoms with Crippen LogP contribution in [-0.2, 0) is 0 Å². The van der Waals surface area contributed by atoms with E-state index in [-0.39, 0.29) is 0 Å². The molecule has 0 saturated heterocycles. The molecule has 3 nitrogen and oxygen atoms in total. The van der Waals surface area contributed by atoms with Gasteiger partial charge in [-0.2, -0.15) is 4.37 Å². The first-order valence-corrected chi connectivity index (χ1v) is 7.57. The first-order valence-electron chi connectivity index (χ1n) is 5.91. The number of thioether (sulfide) groups is 1. The minimum atomic E-state index is 0.331. The van der Waals surface area contributed by atoms with Gasteiger partial charge in [0.1, 0.15) is 5.82 Å². The summed E-state index contributed by atoms with van der Waals surface area (Å²) in [5.41, 5.74) is 6.19. The maximum atomic E-state index is 6.19. The molecule has 1 fully saturated rings. The minimum Gasteiger partial charge on any atom is -0.327 e. The van der Waals surface area contributed by atoms with Crippen LogP contribution in [0.4, 0.5) is 0 Å². The van der Waals surface area contributed by atoms with Crippen LogP contribution in [0.3, 0.4) is 0 Å². The average molecular weight is 257 g/mol. The fraction of sp³-hybridized carbons (Fsp3) is 0.818. The summed E-state index contributed by atoms with van der Waals surface area (Å²) in [6.45, 7) is 4.22. The largest absolute Gasteiger partial charge is 0.327 e. The molecule has 90 valence electrons. The molecule has 1 aromatic rings. The number of nitrogens with zero attached hydrogens (tertiary/aromatic N) is 2. The number of aromatic nitrogens is 2. The van der Waals surface area contributed by atoms with Crippen LogP contribution in [0.2, 0.25) is 0 Å². The van der Waals surface area contributed by atoms with Crippen molar-refractivity contribution in [2.45, 2.75) is 55.2 Å². The predicted octanol–water partition coefficient (Wildman–Crippen LogP) is 2.84. The van der Waals surface area contributed by atoms with Crippen LogP contribution in [0.15, 0.2) is 4.34 Å². The second-order valence-electron chi connectivity index (χ2n) is 4.51. The summed E-state index contributed by atoms with van der Waals surface area (Å²) in [7, 11) is 0. The van der Waals surface area contributed by atoms with E-state index in [0.29, 0.717) is 11.3 Å². The summed E-state index contributed by atoms with van der Waals surface area (Å²) < 4.78 is 5.29. The van der Waals surface area contributed by atoms with Crippen molar-refractivity contribution in [3.05, 3.63) is 5.82 Å². The summed E-state index contributed by atoms with van der Waals surface area (Å²) in [5, 5.41) is 0.533. The Morgan fingerprint density at radius 1 is 1.50 bits per heavy atom. The van der Waals surface area contributed by atoms with Crippen molar-refractivity contribution in [1.82, 2.24) is 9.36 Å². The summed E-state index contributed by atoms with van der Waals surface area (Å²) in [6.07, 6.45) is 4.97. The van der Waals surface area contributed by atoms with Gasteiger partial charge in [0.15, 0.2) is 4.34 Å². The summed E-state index contributed by atoms with van der Waals surface area (Å²) in [5.74, 6) is 1.73. The molecule has 3 atom stereocenters. The highest BCUT2D eigenvalue weighted by atomic mass is 32.2. The van der Waals surface area contributed by atoms with Gasteiger partial charge in [-0.1, -0.05) is 25.1 Å². The lowest BCUT2D eigenvalue weighted by atomic mass is 9.84. The number of hydrogen-bond acceptors (Lipinski definition) is 5. The molecular weight excluding hydrogens is 238 g/mol. The molecule has 0 bridgehead atoms. The van der Waals surface area contributed by atoms with Gasteiger partial charge in [-0.05, 0) is 43.6 Å². The van der Waals surface area contributed by atoms with E-state index in [0.717, 1.165) is 22.5 Å². The standard InChI is InChI=1S/C11H19N3S2/c1-3-8-4-5-9(12)10(6-8)15-11-13-7(2)14-16-11/h8-10H,3-6,12H2,1-2H3. The minimum absolute atomic E-state index is 0.331. The molecule has 3 unspecified atom stereocenters. The van der Waals surface area contributed by atoms with E-state index in [1.807, 2.05) is 18.7 Å². The van der Waals surface area contributed by atoms with Crippen LogP contribution in [0, 0.1) is 12.8 Å². The van der Waals surface area contributed by atoms with Crippen LogP contribution in [0.25, 0.3) is 0 Å². The first kappa shape index (κ1) is 12.3. The lowest BCUT2D eigenvalue weighted by Gasteiger charge is -2.32. The molecule has 0 radical (unpaired) electrons. The van der Waals surface area contributed by atoms with Crippen molar-refractivity contribution >= 4 is 23.3 Å². The molecule has 0 aliphatic heterocycles. The zero-order chi connectivity index (χ0) is 11.5. The van der Waals surface area contributed by atoms with E-state index in [4.69, 9.17) is 5.73 Å². The highest BCUT2D eigenvalue weighted by Gasteiger charge is 2.28.